The van der Waals surface area contributed by atoms with Crippen LogP contribution in [-0.2, 0) is 4.74 Å². The highest BCUT2D eigenvalue weighted by Gasteiger charge is 2.24. The fourth-order valence-electron chi connectivity index (χ4n) is 2.43. The molecule has 0 radical (unpaired) electrons. The van der Waals surface area contributed by atoms with Crippen LogP contribution in [0.25, 0.3) is 0 Å². The standard InChI is InChI=1S/C10H19NO.ClH/c1-2-4-9(5-3-1)10-8-12-7-6-11-10;/h9-11H,1-8H2;1H. The molecule has 1 unspecified atom stereocenters. The van der Waals surface area contributed by atoms with Crippen LogP contribution >= 0.6 is 12.4 Å². The van der Waals surface area contributed by atoms with E-state index >= 15 is 0 Å². The Balaban J connectivity index is 0.000000845. The first kappa shape index (κ1) is 11.3. The van der Waals surface area contributed by atoms with Crippen molar-refractivity contribution in [2.24, 2.45) is 5.92 Å². The van der Waals surface area contributed by atoms with Crippen molar-refractivity contribution < 1.29 is 4.74 Å². The van der Waals surface area contributed by atoms with Gasteiger partial charge in [0.1, 0.15) is 0 Å². The summed E-state index contributed by atoms with van der Waals surface area (Å²) in [4.78, 5) is 0. The summed E-state index contributed by atoms with van der Waals surface area (Å²) in [6.45, 7) is 2.91. The van der Waals surface area contributed by atoms with Crippen LogP contribution in [0.5, 0.6) is 0 Å². The van der Waals surface area contributed by atoms with E-state index in [1.165, 1.54) is 32.1 Å². The van der Waals surface area contributed by atoms with Gasteiger partial charge in [-0.05, 0) is 18.8 Å². The summed E-state index contributed by atoms with van der Waals surface area (Å²) in [5.41, 5.74) is 0. The van der Waals surface area contributed by atoms with Crippen molar-refractivity contribution in [2.75, 3.05) is 19.8 Å². The molecule has 2 aliphatic rings. The van der Waals surface area contributed by atoms with Gasteiger partial charge in [0, 0.05) is 12.6 Å². The summed E-state index contributed by atoms with van der Waals surface area (Å²) >= 11 is 0. The second-order valence-corrected chi connectivity index (χ2v) is 4.03. The zero-order valence-corrected chi connectivity index (χ0v) is 8.94. The Labute approximate surface area is 86.8 Å². The lowest BCUT2D eigenvalue weighted by Crippen LogP contribution is -2.46. The topological polar surface area (TPSA) is 21.3 Å². The number of rotatable bonds is 1. The molecule has 0 spiro atoms. The monoisotopic (exact) mass is 205 g/mol. The van der Waals surface area contributed by atoms with Gasteiger partial charge in [0.25, 0.3) is 0 Å². The third-order valence-corrected chi connectivity index (χ3v) is 3.17. The summed E-state index contributed by atoms with van der Waals surface area (Å²) in [5.74, 6) is 0.902. The van der Waals surface area contributed by atoms with Gasteiger partial charge in [-0.2, -0.15) is 0 Å². The summed E-state index contributed by atoms with van der Waals surface area (Å²) in [7, 11) is 0. The number of hydrogen-bond acceptors (Lipinski definition) is 2. The Morgan fingerprint density at radius 3 is 2.46 bits per heavy atom. The Hall–Kier alpha value is 0.210. The molecule has 78 valence electrons. The van der Waals surface area contributed by atoms with Gasteiger partial charge in [-0.3, -0.25) is 0 Å². The van der Waals surface area contributed by atoms with Gasteiger partial charge in [0.15, 0.2) is 0 Å². The largest absolute Gasteiger partial charge is 0.379 e. The Morgan fingerprint density at radius 2 is 1.85 bits per heavy atom. The molecule has 1 N–H and O–H groups in total. The molecule has 1 atom stereocenters. The van der Waals surface area contributed by atoms with Gasteiger partial charge in [-0.1, -0.05) is 19.3 Å². The van der Waals surface area contributed by atoms with E-state index in [0.717, 1.165) is 25.7 Å². The van der Waals surface area contributed by atoms with E-state index in [0.29, 0.717) is 6.04 Å². The molecule has 1 saturated carbocycles. The van der Waals surface area contributed by atoms with E-state index in [1.807, 2.05) is 0 Å². The highest BCUT2D eigenvalue weighted by Crippen LogP contribution is 2.27. The molecule has 0 aromatic heterocycles. The van der Waals surface area contributed by atoms with Crippen molar-refractivity contribution in [1.82, 2.24) is 5.32 Å². The third-order valence-electron chi connectivity index (χ3n) is 3.17. The summed E-state index contributed by atoms with van der Waals surface area (Å²) in [5, 5.41) is 3.56. The number of hydrogen-bond donors (Lipinski definition) is 1. The minimum absolute atomic E-state index is 0. The maximum Gasteiger partial charge on any atom is 0.0622 e. The molecule has 1 aliphatic carbocycles. The SMILES string of the molecule is C1CCC(C2COCCN2)CC1.Cl. The van der Waals surface area contributed by atoms with Gasteiger partial charge in [0.2, 0.25) is 0 Å². The van der Waals surface area contributed by atoms with Crippen LogP contribution in [-0.4, -0.2) is 25.8 Å². The minimum atomic E-state index is 0. The number of ether oxygens (including phenoxy) is 1. The summed E-state index contributed by atoms with van der Waals surface area (Å²) in [6, 6.07) is 0.666. The predicted octanol–water partition coefficient (Wildman–Crippen LogP) is 1.98. The molecule has 1 aliphatic heterocycles. The van der Waals surface area contributed by atoms with Crippen LogP contribution < -0.4 is 5.32 Å². The van der Waals surface area contributed by atoms with Crippen molar-refractivity contribution in [3.05, 3.63) is 0 Å². The van der Waals surface area contributed by atoms with Crippen LogP contribution in [0.3, 0.4) is 0 Å². The van der Waals surface area contributed by atoms with Crippen molar-refractivity contribution in [1.29, 1.82) is 0 Å². The highest BCUT2D eigenvalue weighted by molar-refractivity contribution is 5.85. The Morgan fingerprint density at radius 1 is 1.08 bits per heavy atom. The van der Waals surface area contributed by atoms with Gasteiger partial charge >= 0.3 is 0 Å². The molecule has 1 heterocycles. The quantitative estimate of drug-likeness (QED) is 0.707. The molecule has 0 bridgehead atoms. The first-order valence-electron chi connectivity index (χ1n) is 5.28. The average molecular weight is 206 g/mol. The zero-order valence-electron chi connectivity index (χ0n) is 8.13. The van der Waals surface area contributed by atoms with Crippen molar-refractivity contribution in [2.45, 2.75) is 38.1 Å². The average Bonchev–Trinajstić information content (AvgIpc) is 2.21. The maximum atomic E-state index is 5.47. The number of halogens is 1. The van der Waals surface area contributed by atoms with Crippen molar-refractivity contribution in [3.63, 3.8) is 0 Å². The molecule has 13 heavy (non-hydrogen) atoms. The smallest absolute Gasteiger partial charge is 0.0622 e. The van der Waals surface area contributed by atoms with E-state index in [2.05, 4.69) is 5.32 Å². The number of morpholine rings is 1. The Kier molecular flexibility index (Phi) is 5.07. The second-order valence-electron chi connectivity index (χ2n) is 4.03. The van der Waals surface area contributed by atoms with Crippen LogP contribution in [0.2, 0.25) is 0 Å². The molecular formula is C10H20ClNO. The zero-order chi connectivity index (χ0) is 8.23. The van der Waals surface area contributed by atoms with E-state index < -0.39 is 0 Å². The van der Waals surface area contributed by atoms with Crippen molar-refractivity contribution >= 4 is 12.4 Å². The van der Waals surface area contributed by atoms with Crippen LogP contribution in [0.15, 0.2) is 0 Å². The molecule has 2 nitrogen and oxygen atoms in total. The summed E-state index contributed by atoms with van der Waals surface area (Å²) < 4.78 is 5.47. The third kappa shape index (κ3) is 3.12. The second kappa shape index (κ2) is 5.84. The molecule has 2 rings (SSSR count). The fourth-order valence-corrected chi connectivity index (χ4v) is 2.43. The van der Waals surface area contributed by atoms with Crippen molar-refractivity contribution in [3.8, 4) is 0 Å². The highest BCUT2D eigenvalue weighted by atomic mass is 35.5. The molecule has 1 saturated heterocycles. The van der Waals surface area contributed by atoms with Gasteiger partial charge in [0.05, 0.1) is 13.2 Å². The molecule has 0 aromatic carbocycles. The lowest BCUT2D eigenvalue weighted by atomic mass is 9.84. The molecular weight excluding hydrogens is 186 g/mol. The van der Waals surface area contributed by atoms with E-state index in [-0.39, 0.29) is 12.4 Å². The summed E-state index contributed by atoms with van der Waals surface area (Å²) in [6.07, 6.45) is 7.15. The normalized spacial score (nSPS) is 30.9. The molecule has 0 aromatic rings. The molecule has 2 fully saturated rings. The van der Waals surface area contributed by atoms with E-state index in [4.69, 9.17) is 4.74 Å². The minimum Gasteiger partial charge on any atom is -0.379 e. The fraction of sp³-hybridized carbons (Fsp3) is 1.00. The first-order chi connectivity index (χ1) is 5.97. The predicted molar refractivity (Wildman–Crippen MR) is 56.4 cm³/mol. The van der Waals surface area contributed by atoms with Crippen LogP contribution in [0.4, 0.5) is 0 Å². The lowest BCUT2D eigenvalue weighted by molar-refractivity contribution is 0.0489. The molecule has 3 heteroatoms. The first-order valence-corrected chi connectivity index (χ1v) is 5.28. The maximum absolute atomic E-state index is 5.47. The van der Waals surface area contributed by atoms with Gasteiger partial charge < -0.3 is 10.1 Å². The van der Waals surface area contributed by atoms with Gasteiger partial charge in [-0.15, -0.1) is 12.4 Å². The van der Waals surface area contributed by atoms with Gasteiger partial charge in [-0.25, -0.2) is 0 Å². The van der Waals surface area contributed by atoms with E-state index in [9.17, 15) is 0 Å². The number of nitrogens with one attached hydrogen (secondary N) is 1. The Bertz CT molecular complexity index is 115. The van der Waals surface area contributed by atoms with E-state index in [1.54, 1.807) is 0 Å². The lowest BCUT2D eigenvalue weighted by Gasteiger charge is -2.33. The van der Waals surface area contributed by atoms with Crippen LogP contribution in [0, 0.1) is 5.92 Å². The molecule has 0 amide bonds. The van der Waals surface area contributed by atoms with Crippen LogP contribution in [0.1, 0.15) is 32.1 Å².